The number of anilines is 1. The topological polar surface area (TPSA) is 60.9 Å². The Kier molecular flexibility index (Phi) is 5.29. The van der Waals surface area contributed by atoms with E-state index < -0.39 is 10.0 Å². The first kappa shape index (κ1) is 18.4. The summed E-state index contributed by atoms with van der Waals surface area (Å²) >= 11 is 0. The van der Waals surface area contributed by atoms with Crippen molar-refractivity contribution < 1.29 is 13.2 Å². The van der Waals surface area contributed by atoms with Gasteiger partial charge in [0.15, 0.2) is 0 Å². The maximum atomic E-state index is 12.7. The number of benzene rings is 2. The van der Waals surface area contributed by atoms with Crippen molar-refractivity contribution in [3.05, 3.63) is 60.2 Å². The van der Waals surface area contributed by atoms with Crippen LogP contribution in [0.1, 0.15) is 5.56 Å². The van der Waals surface area contributed by atoms with Crippen molar-refractivity contribution in [1.29, 1.82) is 0 Å². The van der Waals surface area contributed by atoms with Gasteiger partial charge < -0.3 is 4.90 Å². The summed E-state index contributed by atoms with van der Waals surface area (Å²) in [5.41, 5.74) is 1.83. The lowest BCUT2D eigenvalue weighted by atomic mass is 10.2. The monoisotopic (exact) mass is 373 g/mol. The lowest BCUT2D eigenvalue weighted by Crippen LogP contribution is -2.53. The van der Waals surface area contributed by atoms with E-state index in [1.807, 2.05) is 37.3 Å². The van der Waals surface area contributed by atoms with Crippen LogP contribution in [0, 0.1) is 6.92 Å². The average molecular weight is 373 g/mol. The molecule has 1 fully saturated rings. The highest BCUT2D eigenvalue weighted by Gasteiger charge is 2.31. The molecular weight excluding hydrogens is 350 g/mol. The Bertz CT molecular complexity index is 859. The average Bonchev–Trinajstić information content (AvgIpc) is 2.68. The number of carbonyl (C=O) groups excluding carboxylic acids is 1. The first-order chi connectivity index (χ1) is 12.4. The van der Waals surface area contributed by atoms with Gasteiger partial charge >= 0.3 is 6.03 Å². The van der Waals surface area contributed by atoms with Crippen molar-refractivity contribution in [2.24, 2.45) is 0 Å². The van der Waals surface area contributed by atoms with E-state index in [1.165, 1.54) is 4.31 Å². The van der Waals surface area contributed by atoms with Crippen LogP contribution in [0.5, 0.6) is 0 Å². The molecule has 2 amide bonds. The van der Waals surface area contributed by atoms with Crippen molar-refractivity contribution >= 4 is 21.7 Å². The van der Waals surface area contributed by atoms with Gasteiger partial charge in [-0.2, -0.15) is 4.31 Å². The summed E-state index contributed by atoms with van der Waals surface area (Å²) in [7, 11) is -1.79. The number of amides is 2. The smallest absolute Gasteiger partial charge is 0.322 e. The highest BCUT2D eigenvalue weighted by Crippen LogP contribution is 2.20. The van der Waals surface area contributed by atoms with Gasteiger partial charge in [-0.1, -0.05) is 35.9 Å². The minimum Gasteiger partial charge on any atom is -0.322 e. The van der Waals surface area contributed by atoms with Crippen molar-refractivity contribution in [3.63, 3.8) is 0 Å². The van der Waals surface area contributed by atoms with E-state index in [4.69, 9.17) is 0 Å². The third kappa shape index (κ3) is 3.73. The van der Waals surface area contributed by atoms with Crippen molar-refractivity contribution in [2.75, 3.05) is 38.1 Å². The van der Waals surface area contributed by atoms with Crippen LogP contribution in [0.25, 0.3) is 0 Å². The lowest BCUT2D eigenvalue weighted by molar-refractivity contribution is 0.179. The SMILES string of the molecule is Cc1ccc(S(=O)(=O)N2CCN(C(=O)N(C)c3ccccc3)CC2)cc1. The Morgan fingerprint density at radius 3 is 2.08 bits per heavy atom. The fourth-order valence-electron chi connectivity index (χ4n) is 2.95. The van der Waals surface area contributed by atoms with E-state index in [9.17, 15) is 13.2 Å². The van der Waals surface area contributed by atoms with Gasteiger partial charge in [-0.15, -0.1) is 0 Å². The minimum atomic E-state index is -3.52. The quantitative estimate of drug-likeness (QED) is 0.831. The zero-order chi connectivity index (χ0) is 18.7. The van der Waals surface area contributed by atoms with E-state index in [2.05, 4.69) is 0 Å². The Morgan fingerprint density at radius 2 is 1.50 bits per heavy atom. The van der Waals surface area contributed by atoms with E-state index in [-0.39, 0.29) is 6.03 Å². The zero-order valence-electron chi connectivity index (χ0n) is 15.0. The molecule has 0 saturated carbocycles. The summed E-state index contributed by atoms with van der Waals surface area (Å²) in [4.78, 5) is 16.2. The van der Waals surface area contributed by atoms with Gasteiger partial charge in [-0.05, 0) is 31.2 Å². The van der Waals surface area contributed by atoms with Gasteiger partial charge in [0, 0.05) is 38.9 Å². The first-order valence-corrected chi connectivity index (χ1v) is 9.98. The molecule has 0 aliphatic carbocycles. The fraction of sp³-hybridized carbons (Fsp3) is 0.316. The predicted molar refractivity (Wildman–Crippen MR) is 102 cm³/mol. The Balaban J connectivity index is 1.65. The molecule has 0 N–H and O–H groups in total. The summed E-state index contributed by atoms with van der Waals surface area (Å²) < 4.78 is 26.9. The van der Waals surface area contributed by atoms with Gasteiger partial charge in [0.25, 0.3) is 0 Å². The molecule has 2 aromatic rings. The van der Waals surface area contributed by atoms with Gasteiger partial charge in [0.2, 0.25) is 10.0 Å². The molecule has 138 valence electrons. The lowest BCUT2D eigenvalue weighted by Gasteiger charge is -2.36. The van der Waals surface area contributed by atoms with Crippen LogP contribution in [0.2, 0.25) is 0 Å². The molecule has 0 aromatic heterocycles. The van der Waals surface area contributed by atoms with Crippen LogP contribution in [0.15, 0.2) is 59.5 Å². The molecule has 1 aliphatic rings. The molecule has 0 unspecified atom stereocenters. The molecule has 3 rings (SSSR count). The second-order valence-electron chi connectivity index (χ2n) is 6.38. The Hall–Kier alpha value is -2.38. The number of piperazine rings is 1. The van der Waals surface area contributed by atoms with Crippen LogP contribution in [-0.2, 0) is 10.0 Å². The number of urea groups is 1. The van der Waals surface area contributed by atoms with Crippen LogP contribution >= 0.6 is 0 Å². The van der Waals surface area contributed by atoms with Crippen LogP contribution in [0.3, 0.4) is 0 Å². The molecular formula is C19H23N3O3S. The van der Waals surface area contributed by atoms with Crippen LogP contribution < -0.4 is 4.90 Å². The first-order valence-electron chi connectivity index (χ1n) is 8.54. The molecule has 0 spiro atoms. The number of nitrogens with zero attached hydrogens (tertiary/aromatic N) is 3. The molecule has 1 aliphatic heterocycles. The van der Waals surface area contributed by atoms with E-state index >= 15 is 0 Å². The number of hydrogen-bond acceptors (Lipinski definition) is 3. The largest absolute Gasteiger partial charge is 0.324 e. The molecule has 0 radical (unpaired) electrons. The second kappa shape index (κ2) is 7.47. The molecule has 1 heterocycles. The molecule has 26 heavy (non-hydrogen) atoms. The molecule has 0 atom stereocenters. The number of aryl methyl sites for hydroxylation is 1. The standard InChI is InChI=1S/C19H23N3O3S/c1-16-8-10-18(11-9-16)26(24,25)22-14-12-21(13-15-22)19(23)20(2)17-6-4-3-5-7-17/h3-11H,12-15H2,1-2H3. The summed E-state index contributed by atoms with van der Waals surface area (Å²) in [5, 5.41) is 0. The molecule has 2 aromatic carbocycles. The van der Waals surface area contributed by atoms with Gasteiger partial charge in [-0.25, -0.2) is 13.2 Å². The van der Waals surface area contributed by atoms with E-state index in [0.29, 0.717) is 31.1 Å². The van der Waals surface area contributed by atoms with E-state index in [0.717, 1.165) is 11.3 Å². The number of rotatable bonds is 3. The highest BCUT2D eigenvalue weighted by molar-refractivity contribution is 7.89. The number of sulfonamides is 1. The fourth-order valence-corrected chi connectivity index (χ4v) is 4.38. The summed E-state index contributed by atoms with van der Waals surface area (Å²) in [5.74, 6) is 0. The van der Waals surface area contributed by atoms with Crippen LogP contribution in [0.4, 0.5) is 10.5 Å². The third-order valence-electron chi connectivity index (χ3n) is 4.60. The summed E-state index contributed by atoms with van der Waals surface area (Å²) in [6.45, 7) is 3.27. The number of para-hydroxylation sites is 1. The van der Waals surface area contributed by atoms with Crippen LogP contribution in [-0.4, -0.2) is 56.9 Å². The molecule has 1 saturated heterocycles. The van der Waals surface area contributed by atoms with Crippen molar-refractivity contribution in [3.8, 4) is 0 Å². The van der Waals surface area contributed by atoms with Gasteiger partial charge in [-0.3, -0.25) is 4.90 Å². The molecule has 6 nitrogen and oxygen atoms in total. The normalized spacial score (nSPS) is 15.7. The molecule has 7 heteroatoms. The maximum absolute atomic E-state index is 12.7. The highest BCUT2D eigenvalue weighted by atomic mass is 32.2. The van der Waals surface area contributed by atoms with E-state index in [1.54, 1.807) is 41.1 Å². The minimum absolute atomic E-state index is 0.122. The predicted octanol–water partition coefficient (Wildman–Crippen LogP) is 2.56. The molecule has 0 bridgehead atoms. The zero-order valence-corrected chi connectivity index (χ0v) is 15.8. The Labute approximate surface area is 154 Å². The Morgan fingerprint density at radius 1 is 0.923 bits per heavy atom. The number of carbonyl (C=O) groups is 1. The summed E-state index contributed by atoms with van der Waals surface area (Å²) in [6, 6.07) is 16.1. The summed E-state index contributed by atoms with van der Waals surface area (Å²) in [6.07, 6.45) is 0. The van der Waals surface area contributed by atoms with Crippen molar-refractivity contribution in [2.45, 2.75) is 11.8 Å². The number of hydrogen-bond donors (Lipinski definition) is 0. The van der Waals surface area contributed by atoms with Crippen molar-refractivity contribution in [1.82, 2.24) is 9.21 Å². The second-order valence-corrected chi connectivity index (χ2v) is 8.32. The third-order valence-corrected chi connectivity index (χ3v) is 6.51. The maximum Gasteiger partial charge on any atom is 0.324 e. The van der Waals surface area contributed by atoms with Gasteiger partial charge in [0.05, 0.1) is 4.90 Å². The van der Waals surface area contributed by atoms with Gasteiger partial charge in [0.1, 0.15) is 0 Å².